The van der Waals surface area contributed by atoms with Gasteiger partial charge in [0.25, 0.3) is 0 Å². The van der Waals surface area contributed by atoms with Crippen molar-refractivity contribution >= 4 is 33.2 Å². The molecule has 0 spiro atoms. The van der Waals surface area contributed by atoms with Crippen LogP contribution in [0.1, 0.15) is 12.8 Å². The fraction of sp³-hybridized carbons (Fsp3) is 0.400. The summed E-state index contributed by atoms with van der Waals surface area (Å²) < 4.78 is 27.8. The highest BCUT2D eigenvalue weighted by atomic mass is 35.5. The maximum Gasteiger partial charge on any atom is 0.241 e. The number of rotatable bonds is 4. The summed E-state index contributed by atoms with van der Waals surface area (Å²) >= 11 is 0. The molecule has 2 heterocycles. The van der Waals surface area contributed by atoms with E-state index in [1.165, 1.54) is 0 Å². The zero-order valence-corrected chi connectivity index (χ0v) is 13.8. The molecule has 1 saturated heterocycles. The minimum absolute atomic E-state index is 0. The molecule has 7 heteroatoms. The number of halogens is 1. The Balaban J connectivity index is 0.00000176. The number of piperidine rings is 1. The molecule has 2 aromatic rings. The Hall–Kier alpha value is -1.21. The third-order valence-corrected chi connectivity index (χ3v) is 5.37. The quantitative estimate of drug-likeness (QED) is 0.891. The molecule has 1 aromatic carbocycles. The van der Waals surface area contributed by atoms with Gasteiger partial charge in [0.1, 0.15) is 0 Å². The summed E-state index contributed by atoms with van der Waals surface area (Å²) in [5, 5.41) is 4.84. The third-order valence-electron chi connectivity index (χ3n) is 3.89. The first-order valence-electron chi connectivity index (χ1n) is 7.20. The summed E-state index contributed by atoms with van der Waals surface area (Å²) in [5.74, 6) is 0.366. The molecule has 1 unspecified atom stereocenters. The van der Waals surface area contributed by atoms with Crippen LogP contribution in [-0.2, 0) is 10.0 Å². The molecule has 0 saturated carbocycles. The highest BCUT2D eigenvalue weighted by Gasteiger charge is 2.20. The summed E-state index contributed by atoms with van der Waals surface area (Å²) in [6.07, 6.45) is 5.47. The second-order valence-electron chi connectivity index (χ2n) is 5.42. The van der Waals surface area contributed by atoms with Gasteiger partial charge in [0, 0.05) is 29.7 Å². The van der Waals surface area contributed by atoms with Crippen molar-refractivity contribution in [3.05, 3.63) is 36.7 Å². The Labute approximate surface area is 137 Å². The van der Waals surface area contributed by atoms with E-state index in [1.807, 2.05) is 6.07 Å². The molecular formula is C15H20ClN3O2S. The van der Waals surface area contributed by atoms with Crippen molar-refractivity contribution in [2.45, 2.75) is 17.7 Å². The molecule has 1 aromatic heterocycles. The van der Waals surface area contributed by atoms with Crippen molar-refractivity contribution in [2.24, 2.45) is 5.92 Å². The number of sulfonamides is 1. The van der Waals surface area contributed by atoms with Gasteiger partial charge in [-0.15, -0.1) is 12.4 Å². The highest BCUT2D eigenvalue weighted by molar-refractivity contribution is 7.89. The smallest absolute Gasteiger partial charge is 0.241 e. The lowest BCUT2D eigenvalue weighted by Gasteiger charge is -2.23. The molecule has 2 N–H and O–H groups in total. The second kappa shape index (κ2) is 7.37. The van der Waals surface area contributed by atoms with Gasteiger partial charge < -0.3 is 5.32 Å². The van der Waals surface area contributed by atoms with Gasteiger partial charge in [-0.05, 0) is 44.0 Å². The van der Waals surface area contributed by atoms with Gasteiger partial charge in [0.2, 0.25) is 10.0 Å². The van der Waals surface area contributed by atoms with E-state index < -0.39 is 10.0 Å². The topological polar surface area (TPSA) is 71.1 Å². The highest BCUT2D eigenvalue weighted by Crippen LogP contribution is 2.22. The Morgan fingerprint density at radius 2 is 2.18 bits per heavy atom. The van der Waals surface area contributed by atoms with Gasteiger partial charge in [0.15, 0.2) is 0 Å². The lowest BCUT2D eigenvalue weighted by Crippen LogP contribution is -2.38. The fourth-order valence-corrected chi connectivity index (χ4v) is 4.07. The maximum atomic E-state index is 12.5. The summed E-state index contributed by atoms with van der Waals surface area (Å²) in [7, 11) is -3.49. The lowest BCUT2D eigenvalue weighted by molar-refractivity contribution is 0.376. The zero-order valence-electron chi connectivity index (χ0n) is 12.2. The Morgan fingerprint density at radius 3 is 2.95 bits per heavy atom. The van der Waals surface area contributed by atoms with Gasteiger partial charge in [-0.3, -0.25) is 4.98 Å². The minimum atomic E-state index is -3.49. The van der Waals surface area contributed by atoms with Gasteiger partial charge >= 0.3 is 0 Å². The molecule has 22 heavy (non-hydrogen) atoms. The predicted molar refractivity (Wildman–Crippen MR) is 89.8 cm³/mol. The van der Waals surface area contributed by atoms with Crippen LogP contribution >= 0.6 is 12.4 Å². The average Bonchev–Trinajstić information content (AvgIpc) is 2.53. The number of nitrogens with one attached hydrogen (secondary N) is 2. The Kier molecular flexibility index (Phi) is 5.74. The summed E-state index contributed by atoms with van der Waals surface area (Å²) in [6, 6.07) is 7.00. The van der Waals surface area contributed by atoms with Crippen LogP contribution in [0.3, 0.4) is 0 Å². The molecule has 120 valence electrons. The summed E-state index contributed by atoms with van der Waals surface area (Å²) in [5.41, 5.74) is 0. The largest absolute Gasteiger partial charge is 0.316 e. The van der Waals surface area contributed by atoms with E-state index in [4.69, 9.17) is 0 Å². The van der Waals surface area contributed by atoms with Crippen LogP contribution in [-0.4, -0.2) is 33.0 Å². The van der Waals surface area contributed by atoms with Crippen molar-refractivity contribution in [3.8, 4) is 0 Å². The van der Waals surface area contributed by atoms with Crippen LogP contribution in [0.25, 0.3) is 10.8 Å². The molecule has 1 fully saturated rings. The van der Waals surface area contributed by atoms with Gasteiger partial charge in [-0.1, -0.05) is 12.1 Å². The molecular weight excluding hydrogens is 322 g/mol. The number of hydrogen-bond acceptors (Lipinski definition) is 4. The van der Waals surface area contributed by atoms with E-state index in [1.54, 1.807) is 30.6 Å². The van der Waals surface area contributed by atoms with Crippen LogP contribution in [0.2, 0.25) is 0 Å². The molecule has 0 aliphatic carbocycles. The maximum absolute atomic E-state index is 12.5. The van der Waals surface area contributed by atoms with Crippen LogP contribution in [0.15, 0.2) is 41.6 Å². The van der Waals surface area contributed by atoms with Crippen LogP contribution in [0.5, 0.6) is 0 Å². The second-order valence-corrected chi connectivity index (χ2v) is 7.15. The van der Waals surface area contributed by atoms with Crippen molar-refractivity contribution in [1.29, 1.82) is 0 Å². The van der Waals surface area contributed by atoms with Gasteiger partial charge in [0.05, 0.1) is 4.90 Å². The molecule has 1 aliphatic rings. The van der Waals surface area contributed by atoms with Crippen molar-refractivity contribution in [2.75, 3.05) is 19.6 Å². The van der Waals surface area contributed by atoms with Crippen LogP contribution in [0.4, 0.5) is 0 Å². The number of pyridine rings is 1. The molecule has 3 rings (SSSR count). The first-order chi connectivity index (χ1) is 10.2. The predicted octanol–water partition coefficient (Wildman–Crippen LogP) is 1.93. The molecule has 1 aliphatic heterocycles. The van der Waals surface area contributed by atoms with Gasteiger partial charge in [-0.2, -0.15) is 0 Å². The minimum Gasteiger partial charge on any atom is -0.316 e. The lowest BCUT2D eigenvalue weighted by atomic mass is 10.0. The summed E-state index contributed by atoms with van der Waals surface area (Å²) in [6.45, 7) is 2.39. The first-order valence-corrected chi connectivity index (χ1v) is 8.68. The molecule has 0 amide bonds. The third kappa shape index (κ3) is 3.76. The van der Waals surface area contributed by atoms with E-state index in [0.717, 1.165) is 31.3 Å². The average molecular weight is 342 g/mol. The zero-order chi connectivity index (χ0) is 14.7. The SMILES string of the molecule is Cl.O=S(=O)(NCC1CCCNC1)c1cccc2cnccc12. The van der Waals surface area contributed by atoms with E-state index in [0.29, 0.717) is 22.7 Å². The van der Waals surface area contributed by atoms with Gasteiger partial charge in [-0.25, -0.2) is 13.1 Å². The van der Waals surface area contributed by atoms with E-state index in [-0.39, 0.29) is 12.4 Å². The van der Waals surface area contributed by atoms with E-state index in [9.17, 15) is 8.42 Å². The van der Waals surface area contributed by atoms with Crippen molar-refractivity contribution in [1.82, 2.24) is 15.0 Å². The van der Waals surface area contributed by atoms with Crippen LogP contribution in [0, 0.1) is 5.92 Å². The van der Waals surface area contributed by atoms with Crippen molar-refractivity contribution < 1.29 is 8.42 Å². The molecule has 1 atom stereocenters. The standard InChI is InChI=1S/C15H19N3O2S.ClH/c19-21(20,18-10-12-3-2-7-16-9-12)15-5-1-4-13-11-17-8-6-14(13)15;/h1,4-6,8,11-12,16,18H,2-3,7,9-10H2;1H. The number of benzene rings is 1. The van der Waals surface area contributed by atoms with Crippen LogP contribution < -0.4 is 10.0 Å². The monoisotopic (exact) mass is 341 g/mol. The number of hydrogen-bond donors (Lipinski definition) is 2. The summed E-state index contributed by atoms with van der Waals surface area (Å²) in [4.78, 5) is 4.36. The van der Waals surface area contributed by atoms with Crippen molar-refractivity contribution in [3.63, 3.8) is 0 Å². The number of fused-ring (bicyclic) bond motifs is 1. The Bertz CT molecular complexity index is 725. The molecule has 5 nitrogen and oxygen atoms in total. The molecule has 0 radical (unpaired) electrons. The van der Waals surface area contributed by atoms with E-state index in [2.05, 4.69) is 15.0 Å². The molecule has 0 bridgehead atoms. The fourth-order valence-electron chi connectivity index (χ4n) is 2.73. The van der Waals surface area contributed by atoms with E-state index >= 15 is 0 Å². The number of aromatic nitrogens is 1. The first kappa shape index (κ1) is 17.1. The normalized spacial score (nSPS) is 18.8. The Morgan fingerprint density at radius 1 is 1.32 bits per heavy atom. The number of nitrogens with zero attached hydrogens (tertiary/aromatic N) is 1.